The SMILES string of the molecule is C=C(NN[C@@H]1CCS(=O)(=O)C1)c1ccc2c(c1)Nc1ccccc1S2. The van der Waals surface area contributed by atoms with Crippen molar-refractivity contribution >= 4 is 38.7 Å². The van der Waals surface area contributed by atoms with E-state index in [1.165, 1.54) is 9.79 Å². The van der Waals surface area contributed by atoms with Crippen molar-refractivity contribution in [3.63, 3.8) is 0 Å². The van der Waals surface area contributed by atoms with E-state index in [-0.39, 0.29) is 17.5 Å². The molecule has 0 aromatic heterocycles. The predicted octanol–water partition coefficient (Wildman–Crippen LogP) is 3.15. The summed E-state index contributed by atoms with van der Waals surface area (Å²) in [6, 6.07) is 14.3. The number of hydrogen-bond donors (Lipinski definition) is 3. The van der Waals surface area contributed by atoms with Gasteiger partial charge in [-0.1, -0.05) is 36.5 Å². The Morgan fingerprint density at radius 1 is 1.16 bits per heavy atom. The topological polar surface area (TPSA) is 70.2 Å². The van der Waals surface area contributed by atoms with Crippen molar-refractivity contribution in [3.05, 3.63) is 54.6 Å². The third-order valence-electron chi connectivity index (χ3n) is 4.36. The second-order valence-corrected chi connectivity index (χ2v) is 9.59. The largest absolute Gasteiger partial charge is 0.354 e. The van der Waals surface area contributed by atoms with Gasteiger partial charge in [-0.05, 0) is 30.7 Å². The van der Waals surface area contributed by atoms with Crippen LogP contribution in [-0.4, -0.2) is 26.0 Å². The molecule has 2 aromatic carbocycles. The molecule has 2 aliphatic heterocycles. The van der Waals surface area contributed by atoms with Crippen LogP contribution in [0.3, 0.4) is 0 Å². The van der Waals surface area contributed by atoms with E-state index in [2.05, 4.69) is 47.0 Å². The van der Waals surface area contributed by atoms with Crippen LogP contribution >= 0.6 is 11.8 Å². The number of hydrazine groups is 1. The van der Waals surface area contributed by atoms with E-state index in [9.17, 15) is 8.42 Å². The molecule has 0 aliphatic carbocycles. The van der Waals surface area contributed by atoms with Gasteiger partial charge in [-0.15, -0.1) is 0 Å². The highest BCUT2D eigenvalue weighted by molar-refractivity contribution is 7.99. The maximum absolute atomic E-state index is 11.5. The van der Waals surface area contributed by atoms with Crippen LogP contribution in [0.4, 0.5) is 11.4 Å². The molecule has 0 amide bonds. The van der Waals surface area contributed by atoms with Gasteiger partial charge in [0.05, 0.1) is 22.9 Å². The lowest BCUT2D eigenvalue weighted by atomic mass is 10.1. The number of hydrogen-bond acceptors (Lipinski definition) is 6. The lowest BCUT2D eigenvalue weighted by Gasteiger charge is -2.22. The molecule has 7 heteroatoms. The number of fused-ring (bicyclic) bond motifs is 2. The molecule has 5 nitrogen and oxygen atoms in total. The van der Waals surface area contributed by atoms with Crippen molar-refractivity contribution in [2.45, 2.75) is 22.3 Å². The molecule has 3 N–H and O–H groups in total. The van der Waals surface area contributed by atoms with Crippen molar-refractivity contribution in [2.75, 3.05) is 16.8 Å². The van der Waals surface area contributed by atoms with Gasteiger partial charge < -0.3 is 10.7 Å². The van der Waals surface area contributed by atoms with Crippen molar-refractivity contribution in [3.8, 4) is 0 Å². The predicted molar refractivity (Wildman–Crippen MR) is 103 cm³/mol. The van der Waals surface area contributed by atoms with Gasteiger partial charge in [-0.25, -0.2) is 13.8 Å². The van der Waals surface area contributed by atoms with Gasteiger partial charge >= 0.3 is 0 Å². The van der Waals surface area contributed by atoms with Gasteiger partial charge in [0, 0.05) is 27.1 Å². The summed E-state index contributed by atoms with van der Waals surface area (Å²) >= 11 is 1.74. The fourth-order valence-corrected chi connectivity index (χ4v) is 5.64. The fourth-order valence-electron chi connectivity index (χ4n) is 3.00. The Hall–Kier alpha value is -1.96. The summed E-state index contributed by atoms with van der Waals surface area (Å²) in [5.41, 5.74) is 9.97. The van der Waals surface area contributed by atoms with Crippen LogP contribution < -0.4 is 16.2 Å². The number of rotatable bonds is 4. The smallest absolute Gasteiger partial charge is 0.151 e. The highest BCUT2D eigenvalue weighted by Crippen LogP contribution is 2.44. The van der Waals surface area contributed by atoms with Gasteiger partial charge in [-0.3, -0.25) is 0 Å². The summed E-state index contributed by atoms with van der Waals surface area (Å²) < 4.78 is 23.0. The summed E-state index contributed by atoms with van der Waals surface area (Å²) in [6.45, 7) is 4.06. The third kappa shape index (κ3) is 3.53. The minimum Gasteiger partial charge on any atom is -0.354 e. The quantitative estimate of drug-likeness (QED) is 0.611. The summed E-state index contributed by atoms with van der Waals surface area (Å²) in [7, 11) is -2.89. The zero-order valence-electron chi connectivity index (χ0n) is 13.6. The Kier molecular flexibility index (Phi) is 4.23. The summed E-state index contributed by atoms with van der Waals surface area (Å²) in [5, 5.41) is 3.45. The minimum absolute atomic E-state index is 0.0695. The molecule has 2 aliphatic rings. The van der Waals surface area contributed by atoms with E-state index in [1.807, 2.05) is 18.2 Å². The van der Waals surface area contributed by atoms with Crippen LogP contribution in [0.25, 0.3) is 5.70 Å². The van der Waals surface area contributed by atoms with Gasteiger partial charge in [-0.2, -0.15) is 0 Å². The molecular formula is C18H19N3O2S2. The number of para-hydroxylation sites is 1. The summed E-state index contributed by atoms with van der Waals surface area (Å²) in [4.78, 5) is 2.38. The van der Waals surface area contributed by atoms with Crippen LogP contribution in [0.2, 0.25) is 0 Å². The molecule has 2 aromatic rings. The first kappa shape index (κ1) is 16.5. The van der Waals surface area contributed by atoms with Gasteiger partial charge in [0.1, 0.15) is 0 Å². The fraction of sp³-hybridized carbons (Fsp3) is 0.222. The zero-order chi connectivity index (χ0) is 17.4. The highest BCUT2D eigenvalue weighted by atomic mass is 32.2. The van der Waals surface area contributed by atoms with Crippen LogP contribution in [0.1, 0.15) is 12.0 Å². The van der Waals surface area contributed by atoms with Crippen LogP contribution in [-0.2, 0) is 9.84 Å². The molecular weight excluding hydrogens is 354 g/mol. The number of nitrogens with one attached hydrogen (secondary N) is 3. The van der Waals surface area contributed by atoms with Gasteiger partial charge in [0.2, 0.25) is 0 Å². The highest BCUT2D eigenvalue weighted by Gasteiger charge is 2.27. The Balaban J connectivity index is 1.45. The summed E-state index contributed by atoms with van der Waals surface area (Å²) in [6.07, 6.45) is 0.627. The molecule has 0 radical (unpaired) electrons. The van der Waals surface area contributed by atoms with Gasteiger partial charge in [0.15, 0.2) is 9.84 Å². The number of benzene rings is 2. The average molecular weight is 374 g/mol. The molecule has 0 bridgehead atoms. The summed E-state index contributed by atoms with van der Waals surface area (Å²) in [5.74, 6) is 0.421. The molecule has 1 fully saturated rings. The van der Waals surface area contributed by atoms with E-state index < -0.39 is 9.84 Å². The first-order chi connectivity index (χ1) is 12.0. The Morgan fingerprint density at radius 3 is 2.76 bits per heavy atom. The Bertz CT molecular complexity index is 941. The van der Waals surface area contributed by atoms with E-state index in [0.717, 1.165) is 22.6 Å². The van der Waals surface area contributed by atoms with E-state index in [0.29, 0.717) is 6.42 Å². The number of sulfone groups is 1. The molecule has 1 saturated heterocycles. The monoisotopic (exact) mass is 373 g/mol. The second kappa shape index (κ2) is 6.40. The molecule has 4 rings (SSSR count). The Labute approximate surface area is 151 Å². The molecule has 0 spiro atoms. The van der Waals surface area contributed by atoms with Gasteiger partial charge in [0.25, 0.3) is 0 Å². The van der Waals surface area contributed by atoms with Crippen molar-refractivity contribution in [1.82, 2.24) is 10.9 Å². The molecule has 2 heterocycles. The van der Waals surface area contributed by atoms with E-state index >= 15 is 0 Å². The van der Waals surface area contributed by atoms with Crippen molar-refractivity contribution < 1.29 is 8.42 Å². The lowest BCUT2D eigenvalue weighted by molar-refractivity contribution is 0.520. The molecule has 130 valence electrons. The first-order valence-corrected chi connectivity index (χ1v) is 10.7. The van der Waals surface area contributed by atoms with Crippen molar-refractivity contribution in [2.24, 2.45) is 0 Å². The average Bonchev–Trinajstić information content (AvgIpc) is 2.96. The zero-order valence-corrected chi connectivity index (χ0v) is 15.2. The molecule has 0 saturated carbocycles. The third-order valence-corrected chi connectivity index (χ3v) is 7.28. The van der Waals surface area contributed by atoms with E-state index in [4.69, 9.17) is 0 Å². The van der Waals surface area contributed by atoms with Crippen LogP contribution in [0.5, 0.6) is 0 Å². The maximum Gasteiger partial charge on any atom is 0.151 e. The number of anilines is 2. The first-order valence-electron chi connectivity index (χ1n) is 8.09. The molecule has 0 unspecified atom stereocenters. The normalized spacial score (nSPS) is 20.2. The maximum atomic E-state index is 11.5. The molecule has 25 heavy (non-hydrogen) atoms. The standard InChI is InChI=1S/C18H19N3O2S2/c1-12(20-21-14-8-9-25(22,23)11-14)13-6-7-18-16(10-13)19-15-4-2-3-5-17(15)24-18/h2-7,10,14,19-21H,1,8-9,11H2/t14-/m1/s1. The Morgan fingerprint density at radius 2 is 1.96 bits per heavy atom. The van der Waals surface area contributed by atoms with Crippen LogP contribution in [0.15, 0.2) is 58.8 Å². The lowest BCUT2D eigenvalue weighted by Crippen LogP contribution is -2.40. The van der Waals surface area contributed by atoms with Crippen LogP contribution in [0, 0.1) is 0 Å². The van der Waals surface area contributed by atoms with E-state index in [1.54, 1.807) is 11.8 Å². The van der Waals surface area contributed by atoms with Crippen molar-refractivity contribution in [1.29, 1.82) is 0 Å². The molecule has 1 atom stereocenters. The second-order valence-electron chi connectivity index (χ2n) is 6.28. The minimum atomic E-state index is -2.89.